The molecule has 0 amide bonds. The number of hydrogen-bond acceptors (Lipinski definition) is 3. The number of fused-ring (bicyclic) bond motifs is 1. The molecule has 0 aliphatic heterocycles. The van der Waals surface area contributed by atoms with Crippen LogP contribution in [0.15, 0.2) is 24.3 Å². The minimum atomic E-state index is -1.25. The zero-order valence-corrected chi connectivity index (χ0v) is 12.6. The molecule has 112 valence electrons. The van der Waals surface area contributed by atoms with Crippen molar-refractivity contribution >= 4 is 28.2 Å². The maximum Gasteiger partial charge on any atom is 0.336 e. The minimum absolute atomic E-state index is 0.0432. The Hall–Kier alpha value is -2.34. The van der Waals surface area contributed by atoms with Gasteiger partial charge in [-0.05, 0) is 32.0 Å². The van der Waals surface area contributed by atoms with E-state index in [2.05, 4.69) is 4.98 Å². The number of rotatable bonds is 2. The number of carboxylic acid groups (broad SMARTS) is 1. The van der Waals surface area contributed by atoms with E-state index in [-0.39, 0.29) is 16.5 Å². The van der Waals surface area contributed by atoms with Crippen LogP contribution >= 0.6 is 11.3 Å². The summed E-state index contributed by atoms with van der Waals surface area (Å²) in [6.45, 7) is 3.82. The molecule has 0 spiro atoms. The predicted octanol–water partition coefficient (Wildman–Crippen LogP) is 4.56. The van der Waals surface area contributed by atoms with Gasteiger partial charge in [-0.3, -0.25) is 0 Å². The molecule has 6 heteroatoms. The molecule has 0 bridgehead atoms. The van der Waals surface area contributed by atoms with Crippen molar-refractivity contribution in [2.75, 3.05) is 0 Å². The second-order valence-electron chi connectivity index (χ2n) is 4.97. The van der Waals surface area contributed by atoms with Gasteiger partial charge in [0.05, 0.1) is 11.3 Å². The van der Waals surface area contributed by atoms with Crippen LogP contribution in [0.5, 0.6) is 0 Å². The van der Waals surface area contributed by atoms with Crippen molar-refractivity contribution < 1.29 is 18.7 Å². The maximum absolute atomic E-state index is 14.0. The molecule has 0 atom stereocenters. The fourth-order valence-electron chi connectivity index (χ4n) is 2.45. The fourth-order valence-corrected chi connectivity index (χ4v) is 3.39. The van der Waals surface area contributed by atoms with Crippen LogP contribution in [0.2, 0.25) is 0 Å². The van der Waals surface area contributed by atoms with Crippen LogP contribution in [0.4, 0.5) is 8.78 Å². The first-order chi connectivity index (χ1) is 10.4. The van der Waals surface area contributed by atoms with E-state index in [4.69, 9.17) is 0 Å². The molecule has 2 aromatic heterocycles. The van der Waals surface area contributed by atoms with Crippen LogP contribution in [0.1, 0.15) is 20.1 Å². The average molecular weight is 319 g/mol. The highest BCUT2D eigenvalue weighted by molar-refractivity contribution is 7.12. The van der Waals surface area contributed by atoms with E-state index in [0.717, 1.165) is 21.4 Å². The van der Waals surface area contributed by atoms with Gasteiger partial charge in [-0.15, -0.1) is 11.3 Å². The minimum Gasteiger partial charge on any atom is -0.478 e. The van der Waals surface area contributed by atoms with Gasteiger partial charge in [0.1, 0.15) is 11.3 Å². The number of thiophene rings is 1. The second-order valence-corrected chi connectivity index (χ2v) is 6.43. The van der Waals surface area contributed by atoms with E-state index >= 15 is 0 Å². The van der Waals surface area contributed by atoms with Gasteiger partial charge in [-0.25, -0.2) is 18.6 Å². The van der Waals surface area contributed by atoms with Crippen LogP contribution in [0.25, 0.3) is 22.2 Å². The van der Waals surface area contributed by atoms with Gasteiger partial charge in [0.15, 0.2) is 5.82 Å². The topological polar surface area (TPSA) is 50.2 Å². The van der Waals surface area contributed by atoms with Gasteiger partial charge in [0.2, 0.25) is 0 Å². The summed E-state index contributed by atoms with van der Waals surface area (Å²) in [5.41, 5.74) is 0.828. The Labute approximate surface area is 128 Å². The summed E-state index contributed by atoms with van der Waals surface area (Å²) < 4.78 is 27.4. The molecule has 0 aliphatic carbocycles. The monoisotopic (exact) mass is 319 g/mol. The highest BCUT2D eigenvalue weighted by atomic mass is 32.1. The lowest BCUT2D eigenvalue weighted by Crippen LogP contribution is -2.02. The number of aryl methyl sites for hydroxylation is 2. The number of benzene rings is 1. The van der Waals surface area contributed by atoms with Gasteiger partial charge < -0.3 is 5.11 Å². The zero-order valence-electron chi connectivity index (χ0n) is 11.8. The molecule has 0 unspecified atom stereocenters. The second kappa shape index (κ2) is 5.14. The van der Waals surface area contributed by atoms with Crippen LogP contribution in [-0.4, -0.2) is 16.1 Å². The summed E-state index contributed by atoms with van der Waals surface area (Å²) in [6.07, 6.45) is 0. The predicted molar refractivity (Wildman–Crippen MR) is 81.4 cm³/mol. The maximum atomic E-state index is 14.0. The normalized spacial score (nSPS) is 11.1. The van der Waals surface area contributed by atoms with Gasteiger partial charge >= 0.3 is 5.97 Å². The lowest BCUT2D eigenvalue weighted by molar-refractivity contribution is 0.0699. The van der Waals surface area contributed by atoms with Crippen molar-refractivity contribution in [3.05, 3.63) is 51.2 Å². The van der Waals surface area contributed by atoms with Gasteiger partial charge in [-0.2, -0.15) is 0 Å². The Morgan fingerprint density at radius 2 is 1.91 bits per heavy atom. The number of pyridine rings is 1. The third-order valence-corrected chi connectivity index (χ3v) is 4.34. The van der Waals surface area contributed by atoms with Gasteiger partial charge in [0, 0.05) is 26.8 Å². The first kappa shape index (κ1) is 14.6. The molecule has 1 aromatic carbocycles. The Kier molecular flexibility index (Phi) is 3.41. The molecule has 3 aromatic rings. The molecule has 22 heavy (non-hydrogen) atoms. The average Bonchev–Trinajstić information content (AvgIpc) is 2.76. The Morgan fingerprint density at radius 1 is 1.18 bits per heavy atom. The smallest absolute Gasteiger partial charge is 0.336 e. The van der Waals surface area contributed by atoms with Gasteiger partial charge in [0.25, 0.3) is 0 Å². The molecule has 0 radical (unpaired) electrons. The Bertz CT molecular complexity index is 918. The van der Waals surface area contributed by atoms with E-state index in [9.17, 15) is 18.7 Å². The lowest BCUT2D eigenvalue weighted by atomic mass is 10.0. The number of nitrogens with zero attached hydrogens (tertiary/aromatic N) is 1. The summed E-state index contributed by atoms with van der Waals surface area (Å²) in [4.78, 5) is 17.7. The highest BCUT2D eigenvalue weighted by Gasteiger charge is 2.18. The van der Waals surface area contributed by atoms with Crippen molar-refractivity contribution in [1.29, 1.82) is 0 Å². The standard InChI is InChI=1S/C16H11F2NO2S/c1-7-3-10(8(2)22-7)14-6-12(16(20)21)11-4-9(17)5-13(18)15(11)19-14/h3-6H,1-2H3,(H,20,21). The molecule has 3 rings (SSSR count). The Morgan fingerprint density at radius 3 is 2.50 bits per heavy atom. The molecule has 0 fully saturated rings. The number of halogens is 2. The molecular formula is C16H11F2NO2S. The van der Waals surface area contributed by atoms with Crippen molar-refractivity contribution in [3.63, 3.8) is 0 Å². The summed E-state index contributed by atoms with van der Waals surface area (Å²) in [7, 11) is 0. The molecule has 0 aliphatic rings. The molecule has 0 saturated heterocycles. The number of aromatic nitrogens is 1. The number of aromatic carboxylic acids is 1. The molecule has 3 nitrogen and oxygen atoms in total. The third-order valence-electron chi connectivity index (χ3n) is 3.38. The number of hydrogen-bond donors (Lipinski definition) is 1. The molecule has 0 saturated carbocycles. The summed E-state index contributed by atoms with van der Waals surface area (Å²) in [6, 6.07) is 4.93. The van der Waals surface area contributed by atoms with E-state index in [0.29, 0.717) is 11.8 Å². The largest absolute Gasteiger partial charge is 0.478 e. The lowest BCUT2D eigenvalue weighted by Gasteiger charge is -2.08. The van der Waals surface area contributed by atoms with Crippen LogP contribution in [0, 0.1) is 25.5 Å². The van der Waals surface area contributed by atoms with E-state index in [1.165, 1.54) is 6.07 Å². The SMILES string of the molecule is Cc1cc(-c2cc(C(=O)O)c3cc(F)cc(F)c3n2)c(C)s1. The van der Waals surface area contributed by atoms with E-state index in [1.807, 2.05) is 19.9 Å². The molecule has 1 N–H and O–H groups in total. The van der Waals surface area contributed by atoms with Crippen molar-refractivity contribution in [2.24, 2.45) is 0 Å². The van der Waals surface area contributed by atoms with Crippen LogP contribution in [0.3, 0.4) is 0 Å². The van der Waals surface area contributed by atoms with Crippen LogP contribution < -0.4 is 0 Å². The Balaban J connectivity index is 2.39. The van der Waals surface area contributed by atoms with Gasteiger partial charge in [-0.1, -0.05) is 0 Å². The first-order valence-corrected chi connectivity index (χ1v) is 7.29. The number of carbonyl (C=O) groups is 1. The van der Waals surface area contributed by atoms with Crippen molar-refractivity contribution in [3.8, 4) is 11.3 Å². The summed E-state index contributed by atoms with van der Waals surface area (Å²) in [5, 5.41) is 9.30. The number of carboxylic acids is 1. The van der Waals surface area contributed by atoms with Crippen molar-refractivity contribution in [1.82, 2.24) is 4.98 Å². The third kappa shape index (κ3) is 2.35. The van der Waals surface area contributed by atoms with E-state index in [1.54, 1.807) is 11.3 Å². The quantitative estimate of drug-likeness (QED) is 0.753. The first-order valence-electron chi connectivity index (χ1n) is 6.47. The van der Waals surface area contributed by atoms with Crippen LogP contribution in [-0.2, 0) is 0 Å². The zero-order chi connectivity index (χ0) is 16.0. The highest BCUT2D eigenvalue weighted by Crippen LogP contribution is 2.32. The van der Waals surface area contributed by atoms with Crippen molar-refractivity contribution in [2.45, 2.75) is 13.8 Å². The summed E-state index contributed by atoms with van der Waals surface area (Å²) >= 11 is 1.55. The summed E-state index contributed by atoms with van der Waals surface area (Å²) in [5.74, 6) is -2.95. The molecule has 2 heterocycles. The van der Waals surface area contributed by atoms with E-state index < -0.39 is 17.6 Å². The fraction of sp³-hybridized carbons (Fsp3) is 0.125. The molecular weight excluding hydrogens is 308 g/mol.